The Kier molecular flexibility index (Phi) is 12.5. The molecule has 0 saturated heterocycles. The van der Waals surface area contributed by atoms with Crippen molar-refractivity contribution in [1.82, 2.24) is 30.9 Å². The number of hydrogen-bond donors (Lipinski definition) is 3. The third-order valence-electron chi connectivity index (χ3n) is 6.68. The molecule has 3 heterocycles. The molecule has 3 aromatic heterocycles. The van der Waals surface area contributed by atoms with E-state index in [2.05, 4.69) is 37.5 Å². The van der Waals surface area contributed by atoms with Crippen molar-refractivity contribution in [3.8, 4) is 0 Å². The lowest BCUT2D eigenvalue weighted by Crippen LogP contribution is -2.52. The van der Waals surface area contributed by atoms with Crippen LogP contribution < -0.4 is 16.0 Å². The van der Waals surface area contributed by atoms with Crippen molar-refractivity contribution in [1.29, 1.82) is 0 Å². The summed E-state index contributed by atoms with van der Waals surface area (Å²) in [6.45, 7) is 4.46. The van der Waals surface area contributed by atoms with E-state index >= 15 is 0 Å². The molecule has 3 amide bonds. The number of allylic oxidation sites excluding steroid dienone is 1. The van der Waals surface area contributed by atoms with Gasteiger partial charge in [-0.05, 0) is 55.7 Å². The number of hydrogen-bond acceptors (Lipinski definition) is 6. The van der Waals surface area contributed by atoms with Crippen LogP contribution >= 0.6 is 0 Å². The van der Waals surface area contributed by atoms with Crippen LogP contribution in [-0.2, 0) is 0 Å². The summed E-state index contributed by atoms with van der Waals surface area (Å²) in [6, 6.07) is 15.4. The third-order valence-corrected chi connectivity index (χ3v) is 6.68. The number of unbranched alkanes of at least 4 members (excludes halogenated alkanes) is 5. The van der Waals surface area contributed by atoms with Crippen molar-refractivity contribution in [2.45, 2.75) is 44.9 Å². The largest absolute Gasteiger partial charge is 0.350 e. The van der Waals surface area contributed by atoms with Gasteiger partial charge in [-0.15, -0.1) is 6.58 Å². The van der Waals surface area contributed by atoms with Crippen molar-refractivity contribution < 1.29 is 14.4 Å². The molecule has 3 N–H and O–H groups in total. The highest BCUT2D eigenvalue weighted by Gasteiger charge is 2.32. The normalized spacial score (nSPS) is 10.9. The molecular formula is C31H38N6O3. The standard InChI is InChI=1S/C31H38N6O3/c1-2-3-4-5-6-7-11-18-31(22-35-28(38)25-15-8-12-19-32-25,23-36-29(39)26-16-9-13-20-33-26)24-37-30(40)27-17-10-14-21-34-27/h2,8-10,12-17,19-21H,1,3-7,11,18,22-24H2,(H,35,38)(H,36,39)(H,37,40). The fourth-order valence-corrected chi connectivity index (χ4v) is 4.34. The summed E-state index contributed by atoms with van der Waals surface area (Å²) in [7, 11) is 0. The van der Waals surface area contributed by atoms with Gasteiger partial charge in [-0.1, -0.05) is 50.0 Å². The predicted molar refractivity (Wildman–Crippen MR) is 155 cm³/mol. The summed E-state index contributed by atoms with van der Waals surface area (Å²) in [5.74, 6) is -0.954. The Morgan fingerprint density at radius 1 is 0.625 bits per heavy atom. The molecule has 0 atom stereocenters. The van der Waals surface area contributed by atoms with Crippen molar-refractivity contribution >= 4 is 17.7 Å². The van der Waals surface area contributed by atoms with Gasteiger partial charge in [0.15, 0.2) is 0 Å². The van der Waals surface area contributed by atoms with Gasteiger partial charge in [-0.3, -0.25) is 29.3 Å². The average molecular weight is 543 g/mol. The van der Waals surface area contributed by atoms with E-state index in [1.165, 1.54) is 0 Å². The number of amides is 3. The van der Waals surface area contributed by atoms with Crippen molar-refractivity contribution in [3.05, 3.63) is 103 Å². The van der Waals surface area contributed by atoms with Gasteiger partial charge < -0.3 is 16.0 Å². The Labute approximate surface area is 235 Å². The van der Waals surface area contributed by atoms with E-state index in [1.807, 2.05) is 6.08 Å². The first-order chi connectivity index (χ1) is 19.5. The van der Waals surface area contributed by atoms with E-state index in [1.54, 1.807) is 73.2 Å². The van der Waals surface area contributed by atoms with E-state index in [9.17, 15) is 14.4 Å². The zero-order valence-electron chi connectivity index (χ0n) is 22.9. The molecule has 0 unspecified atom stereocenters. The van der Waals surface area contributed by atoms with Crippen LogP contribution in [0.2, 0.25) is 0 Å². The molecular weight excluding hydrogens is 504 g/mol. The van der Waals surface area contributed by atoms with Crippen LogP contribution in [0.4, 0.5) is 0 Å². The second kappa shape index (κ2) is 16.5. The van der Waals surface area contributed by atoms with Gasteiger partial charge in [0.2, 0.25) is 0 Å². The number of carbonyl (C=O) groups is 3. The van der Waals surface area contributed by atoms with Gasteiger partial charge in [0.1, 0.15) is 17.1 Å². The summed E-state index contributed by atoms with van der Waals surface area (Å²) in [5.41, 5.74) is 0.233. The Bertz CT molecular complexity index is 1070. The SMILES string of the molecule is C=CCCCCCCCC(CNC(=O)c1ccccn1)(CNC(=O)c1ccccn1)CNC(=O)c1ccccn1. The predicted octanol–water partition coefficient (Wildman–Crippen LogP) is 4.36. The molecule has 210 valence electrons. The van der Waals surface area contributed by atoms with E-state index in [-0.39, 0.29) is 37.4 Å². The second-order valence-corrected chi connectivity index (χ2v) is 9.79. The van der Waals surface area contributed by atoms with Crippen LogP contribution in [0.5, 0.6) is 0 Å². The minimum atomic E-state index is -0.666. The molecule has 0 radical (unpaired) electrons. The number of carbonyl (C=O) groups excluding carboxylic acids is 3. The molecule has 3 rings (SSSR count). The Balaban J connectivity index is 1.76. The molecule has 0 saturated carbocycles. The quantitative estimate of drug-likeness (QED) is 0.172. The minimum absolute atomic E-state index is 0.226. The first-order valence-electron chi connectivity index (χ1n) is 13.7. The number of rotatable bonds is 17. The summed E-state index contributed by atoms with van der Waals surface area (Å²) in [5, 5.41) is 8.97. The molecule has 3 aromatic rings. The smallest absolute Gasteiger partial charge is 0.269 e. The maximum absolute atomic E-state index is 12.9. The van der Waals surface area contributed by atoms with Gasteiger partial charge in [0.25, 0.3) is 17.7 Å². The van der Waals surface area contributed by atoms with E-state index < -0.39 is 5.41 Å². The lowest BCUT2D eigenvalue weighted by molar-refractivity contribution is 0.0869. The lowest BCUT2D eigenvalue weighted by Gasteiger charge is -2.34. The Hall–Kier alpha value is -4.40. The van der Waals surface area contributed by atoms with Crippen LogP contribution in [0.25, 0.3) is 0 Å². The van der Waals surface area contributed by atoms with Crippen molar-refractivity contribution in [2.24, 2.45) is 5.41 Å². The molecule has 9 heteroatoms. The zero-order chi connectivity index (χ0) is 28.5. The fraction of sp³-hybridized carbons (Fsp3) is 0.355. The molecule has 9 nitrogen and oxygen atoms in total. The monoisotopic (exact) mass is 542 g/mol. The number of pyridine rings is 3. The van der Waals surface area contributed by atoms with Crippen LogP contribution in [-0.4, -0.2) is 52.3 Å². The topological polar surface area (TPSA) is 126 Å². The maximum atomic E-state index is 12.9. The van der Waals surface area contributed by atoms with Gasteiger partial charge in [0, 0.05) is 43.6 Å². The van der Waals surface area contributed by atoms with Crippen molar-refractivity contribution in [3.63, 3.8) is 0 Å². The molecule has 0 aliphatic heterocycles. The summed E-state index contributed by atoms with van der Waals surface area (Å²) in [6.07, 6.45) is 13.5. The summed E-state index contributed by atoms with van der Waals surface area (Å²) in [4.78, 5) is 51.2. The number of aromatic nitrogens is 3. The Morgan fingerprint density at radius 3 is 1.40 bits per heavy atom. The first kappa shape index (κ1) is 30.1. The van der Waals surface area contributed by atoms with Crippen LogP contribution in [0, 0.1) is 5.41 Å². The van der Waals surface area contributed by atoms with E-state index in [4.69, 9.17) is 0 Å². The number of nitrogens with zero attached hydrogens (tertiary/aromatic N) is 3. The van der Waals surface area contributed by atoms with Gasteiger partial charge >= 0.3 is 0 Å². The molecule has 0 aliphatic carbocycles. The molecule has 0 bridgehead atoms. The van der Waals surface area contributed by atoms with Gasteiger partial charge in [-0.2, -0.15) is 0 Å². The Morgan fingerprint density at radius 2 is 1.02 bits per heavy atom. The van der Waals surface area contributed by atoms with Crippen LogP contribution in [0.3, 0.4) is 0 Å². The highest BCUT2D eigenvalue weighted by Crippen LogP contribution is 2.25. The molecule has 0 fully saturated rings. The van der Waals surface area contributed by atoms with Crippen LogP contribution in [0.15, 0.2) is 85.8 Å². The second-order valence-electron chi connectivity index (χ2n) is 9.79. The third kappa shape index (κ3) is 10.1. The highest BCUT2D eigenvalue weighted by atomic mass is 16.2. The molecule has 40 heavy (non-hydrogen) atoms. The molecule has 0 aliphatic rings. The van der Waals surface area contributed by atoms with Crippen molar-refractivity contribution in [2.75, 3.05) is 19.6 Å². The average Bonchev–Trinajstić information content (AvgIpc) is 3.01. The van der Waals surface area contributed by atoms with E-state index in [0.717, 1.165) is 38.5 Å². The molecule has 0 spiro atoms. The number of nitrogens with one attached hydrogen (secondary N) is 3. The minimum Gasteiger partial charge on any atom is -0.350 e. The van der Waals surface area contributed by atoms with Gasteiger partial charge in [0.05, 0.1) is 0 Å². The lowest BCUT2D eigenvalue weighted by atomic mass is 9.81. The zero-order valence-corrected chi connectivity index (χ0v) is 22.9. The van der Waals surface area contributed by atoms with E-state index in [0.29, 0.717) is 23.5 Å². The fourth-order valence-electron chi connectivity index (χ4n) is 4.34. The maximum Gasteiger partial charge on any atom is 0.269 e. The summed E-state index contributed by atoms with van der Waals surface area (Å²) < 4.78 is 0. The molecule has 0 aromatic carbocycles. The summed E-state index contributed by atoms with van der Waals surface area (Å²) >= 11 is 0. The van der Waals surface area contributed by atoms with Crippen LogP contribution in [0.1, 0.15) is 76.4 Å². The highest BCUT2D eigenvalue weighted by molar-refractivity contribution is 5.93. The van der Waals surface area contributed by atoms with Gasteiger partial charge in [-0.25, -0.2) is 0 Å². The first-order valence-corrected chi connectivity index (χ1v) is 13.7.